The zero-order valence-electron chi connectivity index (χ0n) is 24.7. The van der Waals surface area contributed by atoms with Gasteiger partial charge in [0.25, 0.3) is 5.91 Å². The molecule has 11 heteroatoms. The van der Waals surface area contributed by atoms with Gasteiger partial charge in [0.15, 0.2) is 11.5 Å². The van der Waals surface area contributed by atoms with Gasteiger partial charge in [-0.15, -0.1) is 0 Å². The number of ether oxygens (including phenoxy) is 2. The van der Waals surface area contributed by atoms with Crippen LogP contribution in [0.2, 0.25) is 0 Å². The van der Waals surface area contributed by atoms with Crippen molar-refractivity contribution < 1.29 is 33.2 Å². The fourth-order valence-electron chi connectivity index (χ4n) is 4.33. The predicted octanol–water partition coefficient (Wildman–Crippen LogP) is 2.55. The molecule has 1 aliphatic rings. The van der Waals surface area contributed by atoms with Gasteiger partial charge < -0.3 is 29.9 Å². The van der Waals surface area contributed by atoms with Gasteiger partial charge in [-0.05, 0) is 31.2 Å². The monoisotopic (exact) mass is 570 g/mol. The third-order valence-electron chi connectivity index (χ3n) is 6.92. The third kappa shape index (κ3) is 9.22. The Balaban J connectivity index is 1.79. The maximum atomic E-state index is 13.6. The van der Waals surface area contributed by atoms with Crippen molar-refractivity contribution in [1.82, 2.24) is 21.1 Å². The molecule has 3 unspecified atom stereocenters. The molecule has 224 valence electrons. The largest absolute Gasteiger partial charge is 0.385 e. The summed E-state index contributed by atoms with van der Waals surface area (Å²) in [5, 5.41) is 12.2. The molecule has 3 N–H and O–H groups in total. The highest BCUT2D eigenvalue weighted by Crippen LogP contribution is 2.29. The van der Waals surface area contributed by atoms with E-state index in [9.17, 15) is 19.2 Å². The molecule has 0 bridgehead atoms. The maximum absolute atomic E-state index is 13.6. The Labute approximate surface area is 241 Å². The number of hydrogen-bond donors (Lipinski definition) is 3. The van der Waals surface area contributed by atoms with Gasteiger partial charge in [0.2, 0.25) is 11.8 Å². The number of epoxide rings is 1. The molecular formula is C30H42N4O7. The van der Waals surface area contributed by atoms with Crippen molar-refractivity contribution in [2.24, 2.45) is 5.92 Å². The topological polar surface area (TPSA) is 152 Å². The average Bonchev–Trinajstić information content (AvgIpc) is 3.48. The summed E-state index contributed by atoms with van der Waals surface area (Å²) in [5.41, 5.74) is -0.0383. The van der Waals surface area contributed by atoms with E-state index in [1.54, 1.807) is 6.92 Å². The Morgan fingerprint density at radius 2 is 1.61 bits per heavy atom. The molecule has 1 aromatic heterocycles. The van der Waals surface area contributed by atoms with Crippen molar-refractivity contribution in [1.29, 1.82) is 0 Å². The van der Waals surface area contributed by atoms with E-state index in [4.69, 9.17) is 14.0 Å². The summed E-state index contributed by atoms with van der Waals surface area (Å²) in [6, 6.07) is 7.98. The number of amides is 3. The van der Waals surface area contributed by atoms with Gasteiger partial charge in [0.1, 0.15) is 23.4 Å². The van der Waals surface area contributed by atoms with Gasteiger partial charge >= 0.3 is 0 Å². The number of benzene rings is 1. The normalized spacial score (nSPS) is 18.4. The number of nitrogens with one attached hydrogen (secondary N) is 3. The first-order valence-electron chi connectivity index (χ1n) is 14.0. The van der Waals surface area contributed by atoms with Crippen molar-refractivity contribution in [3.05, 3.63) is 53.4 Å². The van der Waals surface area contributed by atoms with Gasteiger partial charge in [-0.3, -0.25) is 19.2 Å². The van der Waals surface area contributed by atoms with Crippen LogP contribution in [-0.4, -0.2) is 72.7 Å². The van der Waals surface area contributed by atoms with Crippen LogP contribution < -0.4 is 16.0 Å². The Kier molecular flexibility index (Phi) is 11.2. The second-order valence-corrected chi connectivity index (χ2v) is 11.4. The second kappa shape index (κ2) is 14.4. The fraction of sp³-hybridized carbons (Fsp3) is 0.567. The zero-order chi connectivity index (χ0) is 30.2. The lowest BCUT2D eigenvalue weighted by Crippen LogP contribution is -2.57. The van der Waals surface area contributed by atoms with Gasteiger partial charge in [0, 0.05) is 32.1 Å². The number of rotatable bonds is 16. The van der Waals surface area contributed by atoms with Gasteiger partial charge in [-0.2, -0.15) is 0 Å². The highest BCUT2D eigenvalue weighted by atomic mass is 16.6. The number of ketones is 1. The van der Waals surface area contributed by atoms with Crippen LogP contribution in [0.25, 0.3) is 0 Å². The van der Waals surface area contributed by atoms with Gasteiger partial charge in [-0.1, -0.05) is 63.2 Å². The van der Waals surface area contributed by atoms with Crippen LogP contribution in [0.15, 0.2) is 40.9 Å². The molecular weight excluding hydrogens is 528 g/mol. The van der Waals surface area contributed by atoms with E-state index < -0.39 is 41.4 Å². The second-order valence-electron chi connectivity index (χ2n) is 11.4. The Hall–Kier alpha value is -3.57. The Bertz CT molecular complexity index is 1190. The Morgan fingerprint density at radius 3 is 2.17 bits per heavy atom. The molecule has 0 saturated carbocycles. The van der Waals surface area contributed by atoms with E-state index in [1.165, 1.54) is 13.2 Å². The molecule has 2 heterocycles. The van der Waals surface area contributed by atoms with Crippen molar-refractivity contribution >= 4 is 23.5 Å². The maximum Gasteiger partial charge on any atom is 0.274 e. The fourth-order valence-corrected chi connectivity index (χ4v) is 4.33. The van der Waals surface area contributed by atoms with Crippen molar-refractivity contribution in [2.75, 3.05) is 20.3 Å². The summed E-state index contributed by atoms with van der Waals surface area (Å²) in [4.78, 5) is 53.2. The SMILES string of the molecule is COCCC(NC(=O)c1cc(C(C)C)on1)C(=O)N[C@@H](Cc1ccccc1)C(=O)NC(CC(C)C)C(=O)C1(C)CO1. The first kappa shape index (κ1) is 32.0. The smallest absolute Gasteiger partial charge is 0.274 e. The molecule has 1 aromatic carbocycles. The molecule has 0 spiro atoms. The molecule has 11 nitrogen and oxygen atoms in total. The summed E-state index contributed by atoms with van der Waals surface area (Å²) < 4.78 is 15.7. The van der Waals surface area contributed by atoms with Crippen LogP contribution >= 0.6 is 0 Å². The van der Waals surface area contributed by atoms with E-state index in [2.05, 4.69) is 21.1 Å². The minimum Gasteiger partial charge on any atom is -0.385 e. The number of nitrogens with zero attached hydrogens (tertiary/aromatic N) is 1. The molecule has 2 aromatic rings. The van der Waals surface area contributed by atoms with E-state index >= 15 is 0 Å². The van der Waals surface area contributed by atoms with Crippen molar-refractivity contribution in [3.63, 3.8) is 0 Å². The number of aromatic nitrogens is 1. The summed E-state index contributed by atoms with van der Waals surface area (Å²) in [6.07, 6.45) is 0.769. The molecule has 3 amide bonds. The minimum atomic E-state index is -1.01. The van der Waals surface area contributed by atoms with E-state index in [0.717, 1.165) is 5.56 Å². The number of hydrogen-bond acceptors (Lipinski definition) is 8. The van der Waals surface area contributed by atoms with E-state index in [1.807, 2.05) is 58.0 Å². The molecule has 0 radical (unpaired) electrons. The van der Waals surface area contributed by atoms with Gasteiger partial charge in [-0.25, -0.2) is 0 Å². The number of carbonyl (C=O) groups is 4. The lowest BCUT2D eigenvalue weighted by molar-refractivity contribution is -0.133. The lowest BCUT2D eigenvalue weighted by atomic mass is 9.93. The van der Waals surface area contributed by atoms with Crippen LogP contribution in [0.3, 0.4) is 0 Å². The minimum absolute atomic E-state index is 0.0364. The third-order valence-corrected chi connectivity index (χ3v) is 6.92. The standard InChI is InChI=1S/C30H42N4O7/c1-18(2)14-22(26(35)30(5)17-40-30)32-28(37)23(15-20-10-8-7-9-11-20)33-27(36)21(12-13-39-6)31-29(38)24-16-25(19(3)4)41-34-24/h7-11,16,18-19,21-23H,12-15,17H2,1-6H3,(H,31,38)(H,32,37)(H,33,36)/t21?,22?,23-,30?/m0/s1. The number of carbonyl (C=O) groups excluding carboxylic acids is 4. The van der Waals surface area contributed by atoms with Crippen LogP contribution in [-0.2, 0) is 30.3 Å². The van der Waals surface area contributed by atoms with Crippen LogP contribution in [0, 0.1) is 5.92 Å². The van der Waals surface area contributed by atoms with Crippen LogP contribution in [0.1, 0.15) is 75.2 Å². The van der Waals surface area contributed by atoms with Crippen LogP contribution in [0.4, 0.5) is 0 Å². The Morgan fingerprint density at radius 1 is 0.976 bits per heavy atom. The highest BCUT2D eigenvalue weighted by Gasteiger charge is 2.50. The molecule has 4 atom stereocenters. The number of Topliss-reactive ketones (excluding diaryl/α,β-unsaturated/α-hetero) is 1. The zero-order valence-corrected chi connectivity index (χ0v) is 24.7. The van der Waals surface area contributed by atoms with Crippen LogP contribution in [0.5, 0.6) is 0 Å². The molecule has 3 rings (SSSR count). The summed E-state index contributed by atoms with van der Waals surface area (Å²) in [5.74, 6) is -1.12. The highest BCUT2D eigenvalue weighted by molar-refractivity contribution is 5.99. The quantitative estimate of drug-likeness (QED) is 0.261. The van der Waals surface area contributed by atoms with E-state index in [-0.39, 0.29) is 42.8 Å². The van der Waals surface area contributed by atoms with Crippen molar-refractivity contribution in [2.45, 2.75) is 83.5 Å². The summed E-state index contributed by atoms with van der Waals surface area (Å²) in [6.45, 7) is 9.96. The van der Waals surface area contributed by atoms with Gasteiger partial charge in [0.05, 0.1) is 12.6 Å². The van der Waals surface area contributed by atoms with E-state index in [0.29, 0.717) is 18.8 Å². The first-order chi connectivity index (χ1) is 19.4. The predicted molar refractivity (Wildman–Crippen MR) is 151 cm³/mol. The molecule has 0 aliphatic carbocycles. The number of methoxy groups -OCH3 is 1. The first-order valence-corrected chi connectivity index (χ1v) is 14.0. The summed E-state index contributed by atoms with van der Waals surface area (Å²) in [7, 11) is 1.49. The molecule has 1 aliphatic heterocycles. The average molecular weight is 571 g/mol. The molecule has 1 fully saturated rings. The van der Waals surface area contributed by atoms with Crippen molar-refractivity contribution in [3.8, 4) is 0 Å². The molecule has 1 saturated heterocycles. The lowest BCUT2D eigenvalue weighted by Gasteiger charge is -2.26. The summed E-state index contributed by atoms with van der Waals surface area (Å²) >= 11 is 0. The molecule has 41 heavy (non-hydrogen) atoms.